The zero-order valence-electron chi connectivity index (χ0n) is 12.3. The average molecular weight is 346 g/mol. The maximum absolute atomic E-state index is 13.1. The van der Waals surface area contributed by atoms with Crippen LogP contribution in [0.5, 0.6) is 0 Å². The van der Waals surface area contributed by atoms with Gasteiger partial charge in [-0.15, -0.1) is 0 Å². The molecule has 0 bridgehead atoms. The van der Waals surface area contributed by atoms with Gasteiger partial charge in [0.2, 0.25) is 5.90 Å². The third-order valence-electron chi connectivity index (χ3n) is 2.86. The van der Waals surface area contributed by atoms with Crippen LogP contribution in [0.3, 0.4) is 0 Å². The molecule has 1 heterocycles. The zero-order valence-corrected chi connectivity index (χ0v) is 13.1. The summed E-state index contributed by atoms with van der Waals surface area (Å²) in [5.74, 6) is 0.178. The molecule has 4 nitrogen and oxygen atoms in total. The molecule has 0 N–H and O–H groups in total. The second-order valence-electron chi connectivity index (χ2n) is 4.75. The van der Waals surface area contributed by atoms with Crippen molar-refractivity contribution in [2.45, 2.75) is 26.1 Å². The number of ether oxygens (including phenoxy) is 1. The smallest absolute Gasteiger partial charge is 0.418 e. The molecular weight excluding hydrogens is 331 g/mol. The standard InChI is InChI=1S/C15H15ClF3N3O/c1-2-7-23-14(9-22-6-5-20-10-22)21-13-4-3-11(16)8-12(13)15(17,18)19/h3-6,8,10H,2,7,9H2,1H3. The molecule has 0 aliphatic carbocycles. The Balaban J connectivity index is 2.37. The minimum Gasteiger partial charge on any atom is -0.479 e. The van der Waals surface area contributed by atoms with Gasteiger partial charge in [0.1, 0.15) is 0 Å². The fourth-order valence-corrected chi connectivity index (χ4v) is 2.01. The van der Waals surface area contributed by atoms with Crippen LogP contribution in [-0.4, -0.2) is 22.1 Å². The van der Waals surface area contributed by atoms with E-state index in [1.165, 1.54) is 18.5 Å². The second kappa shape index (κ2) is 7.50. The van der Waals surface area contributed by atoms with E-state index in [0.29, 0.717) is 6.61 Å². The highest BCUT2D eigenvalue weighted by atomic mass is 35.5. The van der Waals surface area contributed by atoms with Crippen LogP contribution in [0.1, 0.15) is 18.9 Å². The molecule has 0 aliphatic rings. The summed E-state index contributed by atoms with van der Waals surface area (Å²) >= 11 is 5.67. The van der Waals surface area contributed by atoms with Gasteiger partial charge in [-0.25, -0.2) is 9.98 Å². The van der Waals surface area contributed by atoms with E-state index in [9.17, 15) is 13.2 Å². The molecule has 0 unspecified atom stereocenters. The Morgan fingerprint density at radius 2 is 2.17 bits per heavy atom. The highest BCUT2D eigenvalue weighted by Gasteiger charge is 2.34. The molecule has 23 heavy (non-hydrogen) atoms. The lowest BCUT2D eigenvalue weighted by atomic mass is 10.2. The molecule has 2 rings (SSSR count). The van der Waals surface area contributed by atoms with Crippen LogP contribution < -0.4 is 0 Å². The number of alkyl halides is 3. The van der Waals surface area contributed by atoms with Gasteiger partial charge in [-0.3, -0.25) is 0 Å². The Morgan fingerprint density at radius 3 is 2.78 bits per heavy atom. The number of hydrogen-bond donors (Lipinski definition) is 0. The maximum atomic E-state index is 13.1. The zero-order chi connectivity index (χ0) is 16.9. The van der Waals surface area contributed by atoms with E-state index in [4.69, 9.17) is 16.3 Å². The van der Waals surface area contributed by atoms with Crippen LogP contribution in [0.2, 0.25) is 5.02 Å². The van der Waals surface area contributed by atoms with E-state index in [1.807, 2.05) is 6.92 Å². The largest absolute Gasteiger partial charge is 0.479 e. The first-order chi connectivity index (χ1) is 10.9. The molecule has 0 amide bonds. The first-order valence-corrected chi connectivity index (χ1v) is 7.30. The maximum Gasteiger partial charge on any atom is 0.418 e. The van der Waals surface area contributed by atoms with Crippen molar-refractivity contribution in [2.24, 2.45) is 4.99 Å². The van der Waals surface area contributed by atoms with Gasteiger partial charge in [-0.05, 0) is 24.6 Å². The molecule has 0 radical (unpaired) electrons. The van der Waals surface area contributed by atoms with Crippen molar-refractivity contribution in [3.8, 4) is 0 Å². The number of benzene rings is 1. The van der Waals surface area contributed by atoms with Crippen molar-refractivity contribution < 1.29 is 17.9 Å². The van der Waals surface area contributed by atoms with Crippen LogP contribution in [0, 0.1) is 0 Å². The number of rotatable bonds is 5. The molecular formula is C15H15ClF3N3O. The predicted octanol–water partition coefficient (Wildman–Crippen LogP) is 4.71. The number of aliphatic imine (C=N–C) groups is 1. The van der Waals surface area contributed by atoms with E-state index in [-0.39, 0.29) is 23.2 Å². The lowest BCUT2D eigenvalue weighted by Gasteiger charge is -2.13. The normalized spacial score (nSPS) is 12.5. The summed E-state index contributed by atoms with van der Waals surface area (Å²) in [7, 11) is 0. The van der Waals surface area contributed by atoms with Gasteiger partial charge in [-0.1, -0.05) is 18.5 Å². The Kier molecular flexibility index (Phi) is 5.65. The third-order valence-corrected chi connectivity index (χ3v) is 3.09. The summed E-state index contributed by atoms with van der Waals surface area (Å²) in [6.07, 6.45) is 0.958. The number of halogens is 4. The molecule has 0 atom stereocenters. The van der Waals surface area contributed by atoms with Gasteiger partial charge in [0.15, 0.2) is 0 Å². The monoisotopic (exact) mass is 345 g/mol. The third kappa shape index (κ3) is 4.99. The summed E-state index contributed by atoms with van der Waals surface area (Å²) in [6, 6.07) is 3.45. The van der Waals surface area contributed by atoms with Crippen molar-refractivity contribution in [2.75, 3.05) is 6.61 Å². The Hall–Kier alpha value is -2.02. The topological polar surface area (TPSA) is 39.4 Å². The lowest BCUT2D eigenvalue weighted by Crippen LogP contribution is -2.14. The van der Waals surface area contributed by atoms with E-state index >= 15 is 0 Å². The average Bonchev–Trinajstić information content (AvgIpc) is 2.98. The van der Waals surface area contributed by atoms with Gasteiger partial charge in [0.05, 0.1) is 30.7 Å². The van der Waals surface area contributed by atoms with Crippen molar-refractivity contribution in [3.05, 3.63) is 47.5 Å². The fraction of sp³-hybridized carbons (Fsp3) is 0.333. The van der Waals surface area contributed by atoms with Crippen LogP contribution in [0.4, 0.5) is 18.9 Å². The number of hydrogen-bond acceptors (Lipinski definition) is 3. The molecule has 0 saturated heterocycles. The molecule has 0 spiro atoms. The minimum absolute atomic E-state index is 0.00177. The van der Waals surface area contributed by atoms with Crippen LogP contribution in [-0.2, 0) is 17.5 Å². The molecule has 1 aromatic carbocycles. The van der Waals surface area contributed by atoms with Crippen molar-refractivity contribution in [1.82, 2.24) is 9.55 Å². The number of aromatic nitrogens is 2. The van der Waals surface area contributed by atoms with Gasteiger partial charge >= 0.3 is 6.18 Å². The summed E-state index contributed by atoms with van der Waals surface area (Å²) in [5.41, 5.74) is -1.12. The first-order valence-electron chi connectivity index (χ1n) is 6.93. The quantitative estimate of drug-likeness (QED) is 0.581. The summed E-state index contributed by atoms with van der Waals surface area (Å²) < 4.78 is 46.5. The fourth-order valence-electron chi connectivity index (χ4n) is 1.84. The molecule has 124 valence electrons. The molecule has 0 aliphatic heterocycles. The van der Waals surface area contributed by atoms with E-state index in [0.717, 1.165) is 12.5 Å². The summed E-state index contributed by atoms with van der Waals surface area (Å²) in [5, 5.41) is 0.00177. The predicted molar refractivity (Wildman–Crippen MR) is 82.0 cm³/mol. The molecule has 8 heteroatoms. The number of imidazole rings is 1. The Labute approximate surface area is 136 Å². The van der Waals surface area contributed by atoms with E-state index < -0.39 is 11.7 Å². The number of nitrogens with zero attached hydrogens (tertiary/aromatic N) is 3. The van der Waals surface area contributed by atoms with Crippen molar-refractivity contribution >= 4 is 23.2 Å². The summed E-state index contributed by atoms with van der Waals surface area (Å²) in [4.78, 5) is 7.93. The summed E-state index contributed by atoms with van der Waals surface area (Å²) in [6.45, 7) is 2.46. The van der Waals surface area contributed by atoms with E-state index in [1.54, 1.807) is 17.0 Å². The SMILES string of the molecule is CCCOC(Cn1ccnc1)=Nc1ccc(Cl)cc1C(F)(F)F. The molecule has 0 saturated carbocycles. The van der Waals surface area contributed by atoms with Gasteiger partial charge in [0, 0.05) is 17.4 Å². The van der Waals surface area contributed by atoms with Crippen molar-refractivity contribution in [3.63, 3.8) is 0 Å². The highest BCUT2D eigenvalue weighted by Crippen LogP contribution is 2.38. The van der Waals surface area contributed by atoms with Gasteiger partial charge in [0.25, 0.3) is 0 Å². The van der Waals surface area contributed by atoms with Crippen molar-refractivity contribution in [1.29, 1.82) is 0 Å². The van der Waals surface area contributed by atoms with Gasteiger partial charge in [-0.2, -0.15) is 13.2 Å². The van der Waals surface area contributed by atoms with Crippen LogP contribution in [0.25, 0.3) is 0 Å². The molecule has 1 aromatic heterocycles. The Bertz CT molecular complexity index is 669. The van der Waals surface area contributed by atoms with Crippen LogP contribution >= 0.6 is 11.6 Å². The first kappa shape index (κ1) is 17.3. The lowest BCUT2D eigenvalue weighted by molar-refractivity contribution is -0.137. The Morgan fingerprint density at radius 1 is 1.39 bits per heavy atom. The second-order valence-corrected chi connectivity index (χ2v) is 5.18. The van der Waals surface area contributed by atoms with Crippen LogP contribution in [0.15, 0.2) is 41.9 Å². The highest BCUT2D eigenvalue weighted by molar-refractivity contribution is 6.30. The molecule has 2 aromatic rings. The molecule has 0 fully saturated rings. The van der Waals surface area contributed by atoms with E-state index in [2.05, 4.69) is 9.98 Å². The van der Waals surface area contributed by atoms with Gasteiger partial charge < -0.3 is 9.30 Å². The minimum atomic E-state index is -4.55.